The van der Waals surface area contributed by atoms with E-state index in [0.717, 1.165) is 28.8 Å². The number of carbonyl (C=O) groups is 3. The molecule has 32 heavy (non-hydrogen) atoms. The zero-order valence-electron chi connectivity index (χ0n) is 17.8. The Labute approximate surface area is 186 Å². The third kappa shape index (κ3) is 4.56. The number of carbonyl (C=O) groups excluding carboxylic acids is 3. The highest BCUT2D eigenvalue weighted by Crippen LogP contribution is 2.25. The summed E-state index contributed by atoms with van der Waals surface area (Å²) in [5.41, 5.74) is 3.75. The number of furan rings is 1. The molecule has 0 saturated carbocycles. The molecule has 7 heteroatoms. The van der Waals surface area contributed by atoms with Crippen molar-refractivity contribution in [3.05, 3.63) is 89.4 Å². The second-order valence-electron chi connectivity index (χ2n) is 7.68. The zero-order chi connectivity index (χ0) is 22.5. The van der Waals surface area contributed by atoms with Crippen LogP contribution in [0.1, 0.15) is 34.2 Å². The number of nitrogens with zero attached hydrogens (tertiary/aromatic N) is 1. The van der Waals surface area contributed by atoms with E-state index in [1.54, 1.807) is 12.1 Å². The number of aryl methyl sites for hydroxylation is 1. The third-order valence-corrected chi connectivity index (χ3v) is 5.64. The summed E-state index contributed by atoms with van der Waals surface area (Å²) in [5.74, 6) is -0.875. The van der Waals surface area contributed by atoms with Crippen molar-refractivity contribution in [1.82, 2.24) is 10.2 Å². The molecule has 2 N–H and O–H groups in total. The molecular formula is C25H25N3O4. The monoisotopic (exact) mass is 431 g/mol. The van der Waals surface area contributed by atoms with E-state index in [9.17, 15) is 14.4 Å². The van der Waals surface area contributed by atoms with Crippen LogP contribution >= 0.6 is 0 Å². The van der Waals surface area contributed by atoms with Crippen LogP contribution in [0, 0.1) is 0 Å². The molecule has 3 aromatic rings. The molecule has 1 aromatic heterocycles. The van der Waals surface area contributed by atoms with Crippen molar-refractivity contribution < 1.29 is 18.8 Å². The van der Waals surface area contributed by atoms with Gasteiger partial charge >= 0.3 is 0 Å². The maximum atomic E-state index is 13.1. The average molecular weight is 431 g/mol. The average Bonchev–Trinajstić information content (AvgIpc) is 3.36. The molecule has 1 aliphatic heterocycles. The highest BCUT2D eigenvalue weighted by Gasteiger charge is 2.36. The number of hydrogen-bond acceptors (Lipinski definition) is 4. The SMILES string of the molecule is CCc1ccccc1NC(=O)CNC(=O)C1Cc2ccccc2CN1C(=O)c1ccco1. The number of fused-ring (bicyclic) bond motifs is 1. The lowest BCUT2D eigenvalue weighted by Crippen LogP contribution is -2.53. The highest BCUT2D eigenvalue weighted by molar-refractivity contribution is 5.98. The largest absolute Gasteiger partial charge is 0.459 e. The van der Waals surface area contributed by atoms with Crippen LogP contribution in [0.3, 0.4) is 0 Å². The van der Waals surface area contributed by atoms with Gasteiger partial charge in [-0.2, -0.15) is 0 Å². The van der Waals surface area contributed by atoms with Crippen LogP contribution in [0.5, 0.6) is 0 Å². The molecule has 7 nitrogen and oxygen atoms in total. The molecule has 0 aliphatic carbocycles. The van der Waals surface area contributed by atoms with Crippen molar-refractivity contribution in [2.45, 2.75) is 32.4 Å². The predicted octanol–water partition coefficient (Wildman–Crippen LogP) is 3.16. The van der Waals surface area contributed by atoms with Crippen LogP contribution in [0.4, 0.5) is 5.69 Å². The van der Waals surface area contributed by atoms with E-state index in [2.05, 4.69) is 10.6 Å². The van der Waals surface area contributed by atoms with Crippen LogP contribution in [-0.2, 0) is 29.0 Å². The molecule has 164 valence electrons. The minimum Gasteiger partial charge on any atom is -0.459 e. The second kappa shape index (κ2) is 9.51. The molecule has 0 radical (unpaired) electrons. The smallest absolute Gasteiger partial charge is 0.290 e. The van der Waals surface area contributed by atoms with Crippen LogP contribution in [0.2, 0.25) is 0 Å². The summed E-state index contributed by atoms with van der Waals surface area (Å²) in [6, 6.07) is 17.8. The van der Waals surface area contributed by atoms with Crippen LogP contribution in [-0.4, -0.2) is 35.2 Å². The molecule has 3 amide bonds. The van der Waals surface area contributed by atoms with Crippen molar-refractivity contribution >= 4 is 23.4 Å². The molecule has 1 unspecified atom stereocenters. The molecule has 2 heterocycles. The first-order valence-electron chi connectivity index (χ1n) is 10.6. The number of amides is 3. The van der Waals surface area contributed by atoms with Gasteiger partial charge in [-0.25, -0.2) is 0 Å². The summed E-state index contributed by atoms with van der Waals surface area (Å²) < 4.78 is 5.26. The minimum absolute atomic E-state index is 0.177. The van der Waals surface area contributed by atoms with Gasteiger partial charge in [0.05, 0.1) is 12.8 Å². The summed E-state index contributed by atoms with van der Waals surface area (Å²) in [6.45, 7) is 2.12. The van der Waals surface area contributed by atoms with E-state index in [4.69, 9.17) is 4.42 Å². The Morgan fingerprint density at radius 3 is 2.50 bits per heavy atom. The van der Waals surface area contributed by atoms with Crippen molar-refractivity contribution in [2.75, 3.05) is 11.9 Å². The maximum absolute atomic E-state index is 13.1. The Bertz CT molecular complexity index is 1120. The van der Waals surface area contributed by atoms with Gasteiger partial charge in [0.25, 0.3) is 5.91 Å². The van der Waals surface area contributed by atoms with Gasteiger partial charge in [0.2, 0.25) is 11.8 Å². The number of anilines is 1. The van der Waals surface area contributed by atoms with Crippen LogP contribution in [0.15, 0.2) is 71.3 Å². The Morgan fingerprint density at radius 1 is 1.00 bits per heavy atom. The van der Waals surface area contributed by atoms with Gasteiger partial charge in [-0.1, -0.05) is 49.4 Å². The zero-order valence-corrected chi connectivity index (χ0v) is 17.8. The van der Waals surface area contributed by atoms with E-state index < -0.39 is 6.04 Å². The van der Waals surface area contributed by atoms with Crippen LogP contribution in [0.25, 0.3) is 0 Å². The summed E-state index contributed by atoms with van der Waals surface area (Å²) in [4.78, 5) is 40.0. The van der Waals surface area contributed by atoms with Gasteiger partial charge in [-0.15, -0.1) is 0 Å². The third-order valence-electron chi connectivity index (χ3n) is 5.64. The number of hydrogen-bond donors (Lipinski definition) is 2. The molecule has 0 saturated heterocycles. The second-order valence-corrected chi connectivity index (χ2v) is 7.68. The van der Waals surface area contributed by atoms with E-state index in [-0.39, 0.29) is 30.0 Å². The highest BCUT2D eigenvalue weighted by atomic mass is 16.3. The first kappa shape index (κ1) is 21.4. The fourth-order valence-corrected chi connectivity index (χ4v) is 3.94. The Hall–Kier alpha value is -3.87. The van der Waals surface area contributed by atoms with Gasteiger partial charge in [0, 0.05) is 18.7 Å². The molecule has 0 bridgehead atoms. The van der Waals surface area contributed by atoms with Crippen molar-refractivity contribution in [1.29, 1.82) is 0 Å². The number of nitrogens with one attached hydrogen (secondary N) is 2. The number of para-hydroxylation sites is 1. The van der Waals surface area contributed by atoms with Crippen molar-refractivity contribution in [3.8, 4) is 0 Å². The summed E-state index contributed by atoms with van der Waals surface area (Å²) >= 11 is 0. The van der Waals surface area contributed by atoms with Gasteiger partial charge in [0.15, 0.2) is 5.76 Å². The van der Waals surface area contributed by atoms with E-state index in [0.29, 0.717) is 13.0 Å². The first-order chi connectivity index (χ1) is 15.6. The molecule has 2 aromatic carbocycles. The van der Waals surface area contributed by atoms with Gasteiger partial charge < -0.3 is 20.0 Å². The fraction of sp³-hybridized carbons (Fsp3) is 0.240. The van der Waals surface area contributed by atoms with E-state index >= 15 is 0 Å². The molecule has 0 spiro atoms. The van der Waals surface area contributed by atoms with Crippen molar-refractivity contribution in [2.24, 2.45) is 0 Å². The lowest BCUT2D eigenvalue weighted by molar-refractivity contribution is -0.128. The molecule has 0 fully saturated rings. The maximum Gasteiger partial charge on any atom is 0.290 e. The van der Waals surface area contributed by atoms with Gasteiger partial charge in [-0.05, 0) is 41.3 Å². The molecule has 1 aliphatic rings. The quantitative estimate of drug-likeness (QED) is 0.627. The molecular weight excluding hydrogens is 406 g/mol. The topological polar surface area (TPSA) is 91.7 Å². The number of benzene rings is 2. The predicted molar refractivity (Wildman–Crippen MR) is 120 cm³/mol. The van der Waals surface area contributed by atoms with Gasteiger partial charge in [0.1, 0.15) is 6.04 Å². The minimum atomic E-state index is -0.738. The Morgan fingerprint density at radius 2 is 1.75 bits per heavy atom. The normalized spacial score (nSPS) is 15.0. The summed E-state index contributed by atoms with van der Waals surface area (Å²) in [6.07, 6.45) is 2.58. The standard InChI is InChI=1S/C25H25N3O4/c1-2-17-8-5-6-11-20(17)27-23(29)15-26-24(30)21-14-18-9-3-4-10-19(18)16-28(21)25(31)22-12-7-13-32-22/h3-13,21H,2,14-16H2,1H3,(H,26,30)(H,27,29). The lowest BCUT2D eigenvalue weighted by atomic mass is 9.93. The molecule has 1 atom stereocenters. The van der Waals surface area contributed by atoms with Gasteiger partial charge in [-0.3, -0.25) is 14.4 Å². The Kier molecular flexibility index (Phi) is 6.35. The summed E-state index contributed by atoms with van der Waals surface area (Å²) in [5, 5.41) is 5.54. The lowest BCUT2D eigenvalue weighted by Gasteiger charge is -2.35. The molecule has 4 rings (SSSR count). The first-order valence-corrected chi connectivity index (χ1v) is 10.6. The van der Waals surface area contributed by atoms with E-state index in [1.807, 2.05) is 55.5 Å². The number of rotatable bonds is 6. The van der Waals surface area contributed by atoms with Crippen molar-refractivity contribution in [3.63, 3.8) is 0 Å². The summed E-state index contributed by atoms with van der Waals surface area (Å²) in [7, 11) is 0. The Balaban J connectivity index is 1.46. The fourth-order valence-electron chi connectivity index (χ4n) is 3.94. The van der Waals surface area contributed by atoms with E-state index in [1.165, 1.54) is 11.2 Å². The van der Waals surface area contributed by atoms with Crippen LogP contribution < -0.4 is 10.6 Å².